The predicted molar refractivity (Wildman–Crippen MR) is 99.2 cm³/mol. The first-order valence-corrected chi connectivity index (χ1v) is 10.9. The van der Waals surface area contributed by atoms with Crippen molar-refractivity contribution in [2.24, 2.45) is 28.6 Å². The number of carbonyl (C=O) groups excluding carboxylic acids is 1. The monoisotopic (exact) mass is 406 g/mol. The van der Waals surface area contributed by atoms with Crippen LogP contribution in [0.3, 0.4) is 0 Å². The summed E-state index contributed by atoms with van der Waals surface area (Å²) in [4.78, 5) is 12.0. The van der Waals surface area contributed by atoms with Gasteiger partial charge < -0.3 is 28.8 Å². The first-order valence-electron chi connectivity index (χ1n) is 10.9. The van der Waals surface area contributed by atoms with Crippen LogP contribution in [0.25, 0.3) is 0 Å². The number of esters is 1. The molecule has 7 heteroatoms. The first kappa shape index (κ1) is 18.6. The van der Waals surface area contributed by atoms with Gasteiger partial charge in [0.2, 0.25) is 6.29 Å². The smallest absolute Gasteiger partial charge is 0.302 e. The van der Waals surface area contributed by atoms with Crippen LogP contribution < -0.4 is 0 Å². The Bertz CT molecular complexity index is 762. The fraction of sp³-hybridized carbons (Fsp3) is 0.864. The topological polar surface area (TPSA) is 86.8 Å². The summed E-state index contributed by atoms with van der Waals surface area (Å²) in [5.41, 5.74) is -1.43. The van der Waals surface area contributed by atoms with Crippen LogP contribution >= 0.6 is 0 Å². The maximum Gasteiger partial charge on any atom is 0.302 e. The number of hydrogen-bond acceptors (Lipinski definition) is 7. The number of hydrogen-bond donors (Lipinski definition) is 1. The van der Waals surface area contributed by atoms with E-state index in [1.165, 1.54) is 6.92 Å². The Hall–Kier alpha value is -1.15. The van der Waals surface area contributed by atoms with Gasteiger partial charge in [-0.1, -0.05) is 13.8 Å². The second-order valence-electron chi connectivity index (χ2n) is 10.3. The summed E-state index contributed by atoms with van der Waals surface area (Å²) in [7, 11) is 0. The second-order valence-corrected chi connectivity index (χ2v) is 10.3. The van der Waals surface area contributed by atoms with E-state index in [9.17, 15) is 9.90 Å². The van der Waals surface area contributed by atoms with Crippen LogP contribution in [0.2, 0.25) is 0 Å². The fourth-order valence-electron chi connectivity index (χ4n) is 7.70. The molecule has 4 saturated heterocycles. The van der Waals surface area contributed by atoms with Crippen molar-refractivity contribution in [3.05, 3.63) is 12.3 Å². The van der Waals surface area contributed by atoms with Gasteiger partial charge in [0.1, 0.15) is 11.7 Å². The van der Waals surface area contributed by atoms with Crippen molar-refractivity contribution in [2.45, 2.75) is 82.9 Å². The third kappa shape index (κ3) is 2.15. The quantitative estimate of drug-likeness (QED) is 0.555. The molecule has 0 amide bonds. The van der Waals surface area contributed by atoms with Crippen molar-refractivity contribution < 1.29 is 33.6 Å². The van der Waals surface area contributed by atoms with Gasteiger partial charge in [-0.2, -0.15) is 0 Å². The fourth-order valence-corrected chi connectivity index (χ4v) is 7.70. The number of rotatable bonds is 2. The van der Waals surface area contributed by atoms with Crippen molar-refractivity contribution in [1.29, 1.82) is 0 Å². The molecule has 6 fully saturated rings. The summed E-state index contributed by atoms with van der Waals surface area (Å²) in [5.74, 6) is 0.276. The maximum atomic E-state index is 12.0. The highest BCUT2D eigenvalue weighted by Crippen LogP contribution is 2.73. The first-order chi connectivity index (χ1) is 13.8. The summed E-state index contributed by atoms with van der Waals surface area (Å²) < 4.78 is 30.1. The van der Waals surface area contributed by atoms with Crippen molar-refractivity contribution in [2.75, 3.05) is 6.61 Å². The van der Waals surface area contributed by atoms with Gasteiger partial charge in [-0.25, -0.2) is 0 Å². The molecule has 29 heavy (non-hydrogen) atoms. The molecule has 2 bridgehead atoms. The van der Waals surface area contributed by atoms with Gasteiger partial charge in [-0.05, 0) is 37.2 Å². The Morgan fingerprint density at radius 1 is 1.24 bits per heavy atom. The van der Waals surface area contributed by atoms with Crippen LogP contribution in [0, 0.1) is 28.6 Å². The van der Waals surface area contributed by atoms with Crippen molar-refractivity contribution in [3.8, 4) is 0 Å². The lowest BCUT2D eigenvalue weighted by atomic mass is 9.40. The maximum absolute atomic E-state index is 12.0. The molecule has 7 rings (SSSR count). The van der Waals surface area contributed by atoms with E-state index in [2.05, 4.69) is 19.9 Å². The molecule has 1 N–H and O–H groups in total. The second kappa shape index (κ2) is 5.75. The molecule has 0 aromatic rings. The molecular weight excluding hydrogens is 376 g/mol. The molecule has 0 aromatic carbocycles. The van der Waals surface area contributed by atoms with Gasteiger partial charge in [0, 0.05) is 24.7 Å². The minimum Gasteiger partial charge on any atom is -0.472 e. The predicted octanol–water partition coefficient (Wildman–Crippen LogP) is 2.12. The van der Waals surface area contributed by atoms with Crippen molar-refractivity contribution in [1.82, 2.24) is 0 Å². The summed E-state index contributed by atoms with van der Waals surface area (Å²) in [6, 6.07) is 0. The van der Waals surface area contributed by atoms with E-state index in [-0.39, 0.29) is 47.6 Å². The molecule has 2 saturated carbocycles. The van der Waals surface area contributed by atoms with Crippen LogP contribution in [0.5, 0.6) is 0 Å². The minimum absolute atomic E-state index is 0.0138. The molecule has 5 heterocycles. The zero-order chi connectivity index (χ0) is 20.2. The van der Waals surface area contributed by atoms with E-state index >= 15 is 0 Å². The van der Waals surface area contributed by atoms with Crippen LogP contribution in [-0.4, -0.2) is 54.2 Å². The number of aliphatic hydroxyl groups is 1. The largest absolute Gasteiger partial charge is 0.472 e. The molecule has 7 nitrogen and oxygen atoms in total. The van der Waals surface area contributed by atoms with Gasteiger partial charge in [0.05, 0.1) is 30.5 Å². The summed E-state index contributed by atoms with van der Waals surface area (Å²) in [6.45, 7) is 6.56. The van der Waals surface area contributed by atoms with Gasteiger partial charge in [0.15, 0.2) is 6.29 Å². The lowest BCUT2D eigenvalue weighted by molar-refractivity contribution is -0.375. The van der Waals surface area contributed by atoms with E-state index in [1.807, 2.05) is 0 Å². The van der Waals surface area contributed by atoms with Gasteiger partial charge in [-0.3, -0.25) is 4.79 Å². The van der Waals surface area contributed by atoms with E-state index in [0.29, 0.717) is 13.0 Å². The van der Waals surface area contributed by atoms with E-state index in [0.717, 1.165) is 19.3 Å². The third-order valence-electron chi connectivity index (χ3n) is 9.23. The standard InChI is InChI=1S/C22H30O7/c1-11-6-17(27-12(2)23)22-15(8-14(28-19(22)24)9-21(22)10-26-21)20(11,3)16-7-13-4-5-25-18(13)29-16/h4-5,11,13-19,24H,6-10H2,1-3H3/t11-,13-,14-,15-,16+,17+,18+,19?,20+,21+,22+/m1/s1. The van der Waals surface area contributed by atoms with Crippen LogP contribution in [0.1, 0.15) is 46.5 Å². The summed E-state index contributed by atoms with van der Waals surface area (Å²) in [6.07, 6.45) is 5.31. The Morgan fingerprint density at radius 2 is 2.03 bits per heavy atom. The van der Waals surface area contributed by atoms with Crippen LogP contribution in [-0.2, 0) is 28.5 Å². The molecule has 2 aliphatic carbocycles. The van der Waals surface area contributed by atoms with Crippen LogP contribution in [0.4, 0.5) is 0 Å². The molecule has 11 atom stereocenters. The van der Waals surface area contributed by atoms with Gasteiger partial charge >= 0.3 is 5.97 Å². The lowest BCUT2D eigenvalue weighted by Crippen LogP contribution is -2.76. The molecule has 0 radical (unpaired) electrons. The van der Waals surface area contributed by atoms with Gasteiger partial charge in [-0.15, -0.1) is 0 Å². The average molecular weight is 406 g/mol. The normalized spacial score (nSPS) is 59.3. The Balaban J connectivity index is 1.46. The number of epoxide rings is 1. The molecular formula is C22H30O7. The van der Waals surface area contributed by atoms with Crippen LogP contribution in [0.15, 0.2) is 12.3 Å². The highest BCUT2D eigenvalue weighted by molar-refractivity contribution is 5.66. The highest BCUT2D eigenvalue weighted by Gasteiger charge is 2.82. The summed E-state index contributed by atoms with van der Waals surface area (Å²) in [5, 5.41) is 11.3. The number of ether oxygens (including phenoxy) is 5. The lowest BCUT2D eigenvalue weighted by Gasteiger charge is -2.68. The number of aliphatic hydroxyl groups excluding tert-OH is 1. The minimum atomic E-state index is -1.00. The Kier molecular flexibility index (Phi) is 3.69. The Morgan fingerprint density at radius 3 is 2.72 bits per heavy atom. The molecule has 160 valence electrons. The van der Waals surface area contributed by atoms with Crippen molar-refractivity contribution >= 4 is 5.97 Å². The molecule has 2 spiro atoms. The Labute approximate surface area is 170 Å². The molecule has 7 aliphatic rings. The van der Waals surface area contributed by atoms with E-state index < -0.39 is 23.4 Å². The number of fused-ring (bicyclic) bond motifs is 2. The zero-order valence-corrected chi connectivity index (χ0v) is 17.2. The summed E-state index contributed by atoms with van der Waals surface area (Å²) >= 11 is 0. The third-order valence-corrected chi connectivity index (χ3v) is 9.23. The highest BCUT2D eigenvalue weighted by atomic mass is 16.7. The number of carbonyl (C=O) groups is 1. The van der Waals surface area contributed by atoms with Crippen molar-refractivity contribution in [3.63, 3.8) is 0 Å². The zero-order valence-electron chi connectivity index (χ0n) is 17.2. The van der Waals surface area contributed by atoms with E-state index in [1.54, 1.807) is 6.26 Å². The average Bonchev–Trinajstić information content (AvgIpc) is 3.09. The molecule has 0 aromatic heterocycles. The molecule has 1 unspecified atom stereocenters. The van der Waals surface area contributed by atoms with E-state index in [4.69, 9.17) is 23.7 Å². The molecule has 5 aliphatic heterocycles. The SMILES string of the molecule is CC(=O)O[C@H]1C[C@@H](C)[C@](C)([C@@H]2C[C@H]3C=CO[C@H]3O2)[C@H]2C[C@@H]3C[C@]4(CO4)[C@]12C(O)O3. The van der Waals surface area contributed by atoms with Gasteiger partial charge in [0.25, 0.3) is 0 Å².